The number of amides is 3. The molecule has 0 saturated carbocycles. The average molecular weight is 499 g/mol. The Morgan fingerprint density at radius 3 is 2.37 bits per heavy atom. The van der Waals surface area contributed by atoms with Gasteiger partial charge in [0.05, 0.1) is 0 Å². The van der Waals surface area contributed by atoms with E-state index in [-0.39, 0.29) is 33.7 Å². The van der Waals surface area contributed by atoms with Crippen LogP contribution in [-0.4, -0.2) is 76.5 Å². The first-order valence-corrected chi connectivity index (χ1v) is 13.2. The second-order valence-electron chi connectivity index (χ2n) is 9.47. The normalized spacial score (nSPS) is 17.8. The monoisotopic (exact) mass is 498 g/mol. The first-order valence-electron chi connectivity index (χ1n) is 12.4. The van der Waals surface area contributed by atoms with E-state index in [1.54, 1.807) is 4.90 Å². The molecule has 0 unspecified atom stereocenters. The predicted molar refractivity (Wildman–Crippen MR) is 136 cm³/mol. The zero-order valence-electron chi connectivity index (χ0n) is 20.5. The van der Waals surface area contributed by atoms with Crippen LogP contribution in [0.25, 0.3) is 0 Å². The Morgan fingerprint density at radius 1 is 1.03 bits per heavy atom. The van der Waals surface area contributed by atoms with Crippen LogP contribution >= 0.6 is 11.3 Å². The van der Waals surface area contributed by atoms with Crippen molar-refractivity contribution in [3.8, 4) is 0 Å². The number of carbonyl (C=O) groups excluding carboxylic acids is 3. The fourth-order valence-corrected chi connectivity index (χ4v) is 5.32. The maximum absolute atomic E-state index is 12.9. The van der Waals surface area contributed by atoms with Crippen molar-refractivity contribution in [2.75, 3.05) is 38.0 Å². The Balaban J connectivity index is 1.21. The highest BCUT2D eigenvalue weighted by atomic mass is 32.1. The Kier molecular flexibility index (Phi) is 8.46. The summed E-state index contributed by atoms with van der Waals surface area (Å²) in [5.74, 6) is -0.627. The highest BCUT2D eigenvalue weighted by Crippen LogP contribution is 2.21. The maximum atomic E-state index is 12.9. The van der Waals surface area contributed by atoms with Crippen LogP contribution in [0.2, 0.25) is 0 Å². The molecule has 2 fully saturated rings. The fraction of sp³-hybridized carbons (Fsp3) is 0.560. The van der Waals surface area contributed by atoms with Gasteiger partial charge in [0.1, 0.15) is 0 Å². The quantitative estimate of drug-likeness (QED) is 0.580. The van der Waals surface area contributed by atoms with E-state index in [0.717, 1.165) is 36.4 Å². The van der Waals surface area contributed by atoms with Crippen molar-refractivity contribution < 1.29 is 14.4 Å². The topological polar surface area (TPSA) is 108 Å². The highest BCUT2D eigenvalue weighted by Gasteiger charge is 2.30. The minimum absolute atomic E-state index is 0.0774. The van der Waals surface area contributed by atoms with E-state index in [1.807, 2.05) is 31.2 Å². The zero-order chi connectivity index (χ0) is 24.8. The second-order valence-corrected chi connectivity index (χ2v) is 10.4. The molecule has 35 heavy (non-hydrogen) atoms. The van der Waals surface area contributed by atoms with Crippen LogP contribution in [0.4, 0.5) is 5.69 Å². The van der Waals surface area contributed by atoms with Gasteiger partial charge >= 0.3 is 0 Å². The summed E-state index contributed by atoms with van der Waals surface area (Å²) in [4.78, 5) is 42.1. The smallest absolute Gasteiger partial charge is 0.286 e. The van der Waals surface area contributed by atoms with Crippen LogP contribution in [0.5, 0.6) is 0 Å². The summed E-state index contributed by atoms with van der Waals surface area (Å²) in [5, 5.41) is 14.0. The van der Waals surface area contributed by atoms with Gasteiger partial charge in [0.25, 0.3) is 11.8 Å². The predicted octanol–water partition coefficient (Wildman–Crippen LogP) is 2.94. The van der Waals surface area contributed by atoms with E-state index >= 15 is 0 Å². The third-order valence-corrected chi connectivity index (χ3v) is 7.80. The lowest BCUT2D eigenvalue weighted by molar-refractivity contribution is -0.126. The maximum Gasteiger partial charge on any atom is 0.286 e. The molecule has 188 valence electrons. The number of likely N-dealkylation sites (tertiary alicyclic amines) is 2. The molecule has 3 amide bonds. The molecule has 4 rings (SSSR count). The van der Waals surface area contributed by atoms with Crippen LogP contribution < -0.4 is 10.6 Å². The molecule has 2 N–H and O–H groups in total. The number of carbonyl (C=O) groups is 3. The van der Waals surface area contributed by atoms with Gasteiger partial charge in [-0.25, -0.2) is 0 Å². The van der Waals surface area contributed by atoms with Gasteiger partial charge in [0, 0.05) is 37.3 Å². The Morgan fingerprint density at radius 2 is 1.69 bits per heavy atom. The number of benzene rings is 1. The van der Waals surface area contributed by atoms with Crippen molar-refractivity contribution in [2.24, 2.45) is 5.92 Å². The van der Waals surface area contributed by atoms with Gasteiger partial charge in [-0.3, -0.25) is 14.4 Å². The molecule has 2 saturated heterocycles. The lowest BCUT2D eigenvalue weighted by Gasteiger charge is -2.31. The van der Waals surface area contributed by atoms with Crippen molar-refractivity contribution >= 4 is 34.7 Å². The van der Waals surface area contributed by atoms with Crippen molar-refractivity contribution in [2.45, 2.75) is 52.0 Å². The lowest BCUT2D eigenvalue weighted by atomic mass is 9.96. The van der Waals surface area contributed by atoms with E-state index in [9.17, 15) is 14.4 Å². The molecular weight excluding hydrogens is 464 g/mol. The van der Waals surface area contributed by atoms with Gasteiger partial charge in [-0.05, 0) is 71.2 Å². The van der Waals surface area contributed by atoms with Crippen molar-refractivity contribution in [1.29, 1.82) is 0 Å². The standard InChI is InChI=1S/C25H34N6O3S/c1-17-5-7-20(8-6-17)27-22(33)23-28-29-24(35-23)25(34)31-15-10-19(11-16-31)21(32)26-12-9-18(2)30-13-3-4-14-30/h5-8,18-19H,3-4,9-16H2,1-2H3,(H,26,32)(H,27,33)/t18-/m0/s1. The van der Waals surface area contributed by atoms with Crippen molar-refractivity contribution in [3.05, 3.63) is 39.8 Å². The van der Waals surface area contributed by atoms with Gasteiger partial charge in [-0.1, -0.05) is 29.0 Å². The second kappa shape index (κ2) is 11.7. The Labute approximate surface area is 210 Å². The van der Waals surface area contributed by atoms with Crippen LogP contribution in [0.15, 0.2) is 24.3 Å². The van der Waals surface area contributed by atoms with Gasteiger partial charge in [-0.15, -0.1) is 10.2 Å². The lowest BCUT2D eigenvalue weighted by Crippen LogP contribution is -2.43. The van der Waals surface area contributed by atoms with Gasteiger partial charge < -0.3 is 20.4 Å². The Hall–Kier alpha value is -2.85. The molecule has 9 nitrogen and oxygen atoms in total. The average Bonchev–Trinajstić information content (AvgIpc) is 3.58. The number of anilines is 1. The number of nitrogens with zero attached hydrogens (tertiary/aromatic N) is 4. The summed E-state index contributed by atoms with van der Waals surface area (Å²) in [6, 6.07) is 7.93. The van der Waals surface area contributed by atoms with E-state index < -0.39 is 0 Å². The summed E-state index contributed by atoms with van der Waals surface area (Å²) in [7, 11) is 0. The summed E-state index contributed by atoms with van der Waals surface area (Å²) < 4.78 is 0. The van der Waals surface area contributed by atoms with Crippen LogP contribution in [0.3, 0.4) is 0 Å². The van der Waals surface area contributed by atoms with E-state index in [2.05, 4.69) is 32.7 Å². The molecule has 0 aliphatic carbocycles. The van der Waals surface area contributed by atoms with E-state index in [0.29, 0.717) is 44.2 Å². The highest BCUT2D eigenvalue weighted by molar-refractivity contribution is 7.15. The van der Waals surface area contributed by atoms with Gasteiger partial charge in [0.2, 0.25) is 15.9 Å². The number of aromatic nitrogens is 2. The minimum Gasteiger partial charge on any atom is -0.356 e. The number of aryl methyl sites for hydroxylation is 1. The number of hydrogen-bond acceptors (Lipinski definition) is 7. The van der Waals surface area contributed by atoms with Gasteiger partial charge in [0.15, 0.2) is 0 Å². The third-order valence-electron chi connectivity index (χ3n) is 6.89. The largest absolute Gasteiger partial charge is 0.356 e. The zero-order valence-corrected chi connectivity index (χ0v) is 21.3. The molecule has 2 aliphatic heterocycles. The van der Waals surface area contributed by atoms with E-state index in [1.165, 1.54) is 12.8 Å². The molecule has 0 bridgehead atoms. The molecule has 1 aromatic carbocycles. The SMILES string of the molecule is Cc1ccc(NC(=O)c2nnc(C(=O)N3CCC(C(=O)NCC[C@H](C)N4CCCC4)CC3)s2)cc1. The molecule has 1 aromatic heterocycles. The van der Waals surface area contributed by atoms with Crippen molar-refractivity contribution in [1.82, 2.24) is 25.3 Å². The minimum atomic E-state index is -0.389. The molecular formula is C25H34N6O3S. The summed E-state index contributed by atoms with van der Waals surface area (Å²) in [5.41, 5.74) is 1.76. The van der Waals surface area contributed by atoms with Crippen LogP contribution in [0.1, 0.15) is 64.2 Å². The number of rotatable bonds is 8. The van der Waals surface area contributed by atoms with Crippen molar-refractivity contribution in [3.63, 3.8) is 0 Å². The Bertz CT molecular complexity index is 1030. The molecule has 2 aliphatic rings. The third kappa shape index (κ3) is 6.64. The fourth-order valence-electron chi connectivity index (χ4n) is 4.62. The van der Waals surface area contributed by atoms with Crippen LogP contribution in [0, 0.1) is 12.8 Å². The van der Waals surface area contributed by atoms with E-state index in [4.69, 9.17) is 0 Å². The first-order chi connectivity index (χ1) is 16.9. The summed E-state index contributed by atoms with van der Waals surface area (Å²) >= 11 is 0.988. The van der Waals surface area contributed by atoms with Gasteiger partial charge in [-0.2, -0.15) is 0 Å². The summed E-state index contributed by atoms with van der Waals surface area (Å²) in [6.07, 6.45) is 4.75. The number of nitrogens with one attached hydrogen (secondary N) is 2. The molecule has 10 heteroatoms. The molecule has 2 aromatic rings. The number of hydrogen-bond donors (Lipinski definition) is 2. The molecule has 1 atom stereocenters. The molecule has 0 spiro atoms. The molecule has 3 heterocycles. The summed E-state index contributed by atoms with van der Waals surface area (Å²) in [6.45, 7) is 8.20. The number of piperidine rings is 1. The molecule has 0 radical (unpaired) electrons. The first kappa shape index (κ1) is 25.2. The van der Waals surface area contributed by atoms with Crippen LogP contribution in [-0.2, 0) is 4.79 Å².